The lowest BCUT2D eigenvalue weighted by Gasteiger charge is -2.34. The maximum Gasteiger partial charge on any atom is 0.248 e. The topological polar surface area (TPSA) is 66.9 Å². The van der Waals surface area contributed by atoms with Crippen LogP contribution in [0.1, 0.15) is 12.8 Å². The van der Waals surface area contributed by atoms with E-state index in [2.05, 4.69) is 12.2 Å². The van der Waals surface area contributed by atoms with Crippen molar-refractivity contribution in [2.75, 3.05) is 39.4 Å². The van der Waals surface area contributed by atoms with Crippen LogP contribution in [-0.2, 0) is 19.6 Å². The number of fused-ring (bicyclic) bond motifs is 1. The van der Waals surface area contributed by atoms with E-state index >= 15 is 0 Å². The van der Waals surface area contributed by atoms with Crippen molar-refractivity contribution >= 4 is 26.7 Å². The Labute approximate surface area is 177 Å². The molecule has 0 bridgehead atoms. The molecule has 0 aromatic heterocycles. The highest BCUT2D eigenvalue weighted by Gasteiger charge is 2.30. The zero-order chi connectivity index (χ0) is 21.0. The normalized spacial score (nSPS) is 17.9. The molecular formula is C23H26N2O4S. The van der Waals surface area contributed by atoms with E-state index in [-0.39, 0.29) is 30.5 Å². The van der Waals surface area contributed by atoms with Crippen molar-refractivity contribution in [2.45, 2.75) is 17.7 Å². The van der Waals surface area contributed by atoms with Crippen molar-refractivity contribution in [2.24, 2.45) is 0 Å². The van der Waals surface area contributed by atoms with E-state index < -0.39 is 10.0 Å². The summed E-state index contributed by atoms with van der Waals surface area (Å²) >= 11 is 0. The van der Waals surface area contributed by atoms with E-state index in [1.165, 1.54) is 4.31 Å². The number of rotatable bonds is 6. The molecule has 0 unspecified atom stereocenters. The van der Waals surface area contributed by atoms with Crippen LogP contribution in [0.15, 0.2) is 71.2 Å². The first-order chi connectivity index (χ1) is 14.5. The van der Waals surface area contributed by atoms with Crippen molar-refractivity contribution in [3.05, 3.63) is 66.3 Å². The predicted molar refractivity (Wildman–Crippen MR) is 117 cm³/mol. The predicted octanol–water partition coefficient (Wildman–Crippen LogP) is 2.97. The monoisotopic (exact) mass is 426 g/mol. The fourth-order valence-electron chi connectivity index (χ4n) is 3.78. The number of sulfonamides is 1. The first-order valence-electron chi connectivity index (χ1n) is 10.2. The molecule has 2 aromatic carbocycles. The molecular weight excluding hydrogens is 400 g/mol. The number of carbonyl (C=O) groups is 1. The fraction of sp³-hybridized carbons (Fsp3) is 0.348. The summed E-state index contributed by atoms with van der Waals surface area (Å²) in [6.45, 7) is 1.76. The van der Waals surface area contributed by atoms with E-state index in [1.807, 2.05) is 36.4 Å². The van der Waals surface area contributed by atoms with Crippen LogP contribution in [0.2, 0.25) is 0 Å². The zero-order valence-corrected chi connectivity index (χ0v) is 17.7. The van der Waals surface area contributed by atoms with Gasteiger partial charge in [-0.25, -0.2) is 8.42 Å². The van der Waals surface area contributed by atoms with Crippen LogP contribution in [0.5, 0.6) is 0 Å². The van der Waals surface area contributed by atoms with Gasteiger partial charge in [-0.2, -0.15) is 4.31 Å². The van der Waals surface area contributed by atoms with Crippen LogP contribution in [0.4, 0.5) is 0 Å². The maximum absolute atomic E-state index is 13.0. The molecule has 0 N–H and O–H groups in total. The third-order valence-corrected chi connectivity index (χ3v) is 7.41. The Morgan fingerprint density at radius 1 is 0.967 bits per heavy atom. The lowest BCUT2D eigenvalue weighted by Crippen LogP contribution is -2.51. The van der Waals surface area contributed by atoms with Crippen LogP contribution in [-0.4, -0.2) is 62.9 Å². The van der Waals surface area contributed by atoms with Crippen LogP contribution in [0.25, 0.3) is 10.8 Å². The average Bonchev–Trinajstić information content (AvgIpc) is 2.79. The number of carbonyl (C=O) groups excluding carboxylic acids is 1. The van der Waals surface area contributed by atoms with Crippen molar-refractivity contribution in [3.63, 3.8) is 0 Å². The number of ether oxygens (including phenoxy) is 1. The summed E-state index contributed by atoms with van der Waals surface area (Å²) < 4.78 is 33.1. The summed E-state index contributed by atoms with van der Waals surface area (Å²) in [5.41, 5.74) is 1.10. The molecule has 1 aliphatic heterocycles. The van der Waals surface area contributed by atoms with Crippen LogP contribution >= 0.6 is 0 Å². The summed E-state index contributed by atoms with van der Waals surface area (Å²) in [5.74, 6) is -0.0989. The number of amides is 1. The molecule has 0 spiro atoms. The highest BCUT2D eigenvalue weighted by atomic mass is 32.2. The second-order valence-corrected chi connectivity index (χ2v) is 9.48. The van der Waals surface area contributed by atoms with Gasteiger partial charge < -0.3 is 9.64 Å². The molecule has 1 saturated heterocycles. The zero-order valence-electron chi connectivity index (χ0n) is 16.9. The molecule has 1 heterocycles. The second-order valence-electron chi connectivity index (χ2n) is 7.55. The van der Waals surface area contributed by atoms with Crippen LogP contribution in [0.3, 0.4) is 0 Å². The van der Waals surface area contributed by atoms with Gasteiger partial charge in [0.15, 0.2) is 0 Å². The second kappa shape index (κ2) is 9.12. The number of nitrogens with zero attached hydrogens (tertiary/aromatic N) is 2. The molecule has 7 heteroatoms. The number of benzene rings is 2. The minimum absolute atomic E-state index is 0.0165. The summed E-state index contributed by atoms with van der Waals surface area (Å²) in [5, 5.41) is 1.90. The molecule has 0 radical (unpaired) electrons. The van der Waals surface area contributed by atoms with Gasteiger partial charge in [-0.3, -0.25) is 4.79 Å². The summed E-state index contributed by atoms with van der Waals surface area (Å²) in [6, 6.07) is 12.9. The fourth-order valence-corrected chi connectivity index (χ4v) is 5.24. The quantitative estimate of drug-likeness (QED) is 0.712. The van der Waals surface area contributed by atoms with E-state index in [4.69, 9.17) is 4.74 Å². The van der Waals surface area contributed by atoms with Gasteiger partial charge in [0.1, 0.15) is 6.61 Å². The van der Waals surface area contributed by atoms with E-state index in [0.29, 0.717) is 19.7 Å². The summed E-state index contributed by atoms with van der Waals surface area (Å²) in [7, 11) is -3.59. The van der Waals surface area contributed by atoms with Gasteiger partial charge >= 0.3 is 0 Å². The minimum Gasteiger partial charge on any atom is -0.367 e. The Morgan fingerprint density at radius 3 is 2.47 bits per heavy atom. The van der Waals surface area contributed by atoms with Crippen molar-refractivity contribution < 1.29 is 17.9 Å². The molecule has 0 atom stereocenters. The Kier molecular flexibility index (Phi) is 6.32. The average molecular weight is 427 g/mol. The molecule has 0 saturated carbocycles. The summed E-state index contributed by atoms with van der Waals surface area (Å²) in [4.78, 5) is 14.4. The van der Waals surface area contributed by atoms with Crippen molar-refractivity contribution in [1.29, 1.82) is 0 Å². The number of hydrogen-bond donors (Lipinski definition) is 0. The molecule has 1 fully saturated rings. The Morgan fingerprint density at radius 2 is 1.73 bits per heavy atom. The Balaban J connectivity index is 1.32. The largest absolute Gasteiger partial charge is 0.367 e. The molecule has 1 amide bonds. The first kappa shape index (κ1) is 20.8. The SMILES string of the molecule is O=C(COCC1=CCCC=C1)N1CCN(S(=O)(=O)c2ccc3ccccc3c2)CC1. The van der Waals surface area contributed by atoms with Gasteiger partial charge in [0, 0.05) is 26.2 Å². The van der Waals surface area contributed by atoms with Gasteiger partial charge in [-0.05, 0) is 41.3 Å². The maximum atomic E-state index is 13.0. The molecule has 4 rings (SSSR count). The molecule has 30 heavy (non-hydrogen) atoms. The minimum atomic E-state index is -3.59. The van der Waals surface area contributed by atoms with Crippen molar-refractivity contribution in [3.8, 4) is 0 Å². The third-order valence-electron chi connectivity index (χ3n) is 5.52. The molecule has 2 aliphatic rings. The number of allylic oxidation sites excluding steroid dienone is 2. The highest BCUT2D eigenvalue weighted by molar-refractivity contribution is 7.89. The third kappa shape index (κ3) is 4.64. The van der Waals surface area contributed by atoms with Gasteiger partial charge in [-0.1, -0.05) is 48.6 Å². The van der Waals surface area contributed by atoms with Gasteiger partial charge in [0.05, 0.1) is 11.5 Å². The Hall–Kier alpha value is -2.48. The number of hydrogen-bond acceptors (Lipinski definition) is 4. The van der Waals surface area contributed by atoms with E-state index in [9.17, 15) is 13.2 Å². The van der Waals surface area contributed by atoms with E-state index in [1.54, 1.807) is 17.0 Å². The van der Waals surface area contributed by atoms with E-state index in [0.717, 1.165) is 29.2 Å². The van der Waals surface area contributed by atoms with Crippen LogP contribution in [0, 0.1) is 0 Å². The lowest BCUT2D eigenvalue weighted by atomic mass is 10.1. The lowest BCUT2D eigenvalue weighted by molar-refractivity contribution is -0.136. The molecule has 1 aliphatic carbocycles. The highest BCUT2D eigenvalue weighted by Crippen LogP contribution is 2.23. The molecule has 2 aromatic rings. The summed E-state index contributed by atoms with van der Waals surface area (Å²) in [6.07, 6.45) is 8.33. The van der Waals surface area contributed by atoms with Gasteiger partial charge in [0.2, 0.25) is 15.9 Å². The molecule has 6 nitrogen and oxygen atoms in total. The smallest absolute Gasteiger partial charge is 0.248 e. The number of piperazine rings is 1. The standard InChI is InChI=1S/C23H26N2O4S/c26-23(18-29-17-19-6-2-1-3-7-19)24-12-14-25(15-13-24)30(27,28)22-11-10-20-8-4-5-9-21(20)16-22/h2,4-11,16H,1,3,12-15,17-18H2. The Bertz CT molecular complexity index is 1080. The van der Waals surface area contributed by atoms with Crippen LogP contribution < -0.4 is 0 Å². The van der Waals surface area contributed by atoms with Gasteiger partial charge in [0.25, 0.3) is 0 Å². The van der Waals surface area contributed by atoms with Gasteiger partial charge in [-0.15, -0.1) is 0 Å². The molecule has 158 valence electrons. The van der Waals surface area contributed by atoms with Crippen molar-refractivity contribution in [1.82, 2.24) is 9.21 Å². The first-order valence-corrected chi connectivity index (χ1v) is 11.7.